The number of piperazine rings is 1. The SMILES string of the molecule is COc1ccc(C)cc1S(=O)(=O)N1CCN(C(C)c2ccccc2)CC1. The molecule has 1 aliphatic rings. The van der Waals surface area contributed by atoms with E-state index in [-0.39, 0.29) is 10.9 Å². The molecule has 3 rings (SSSR count). The summed E-state index contributed by atoms with van der Waals surface area (Å²) in [5.41, 5.74) is 2.16. The van der Waals surface area contributed by atoms with Crippen LogP contribution in [0.3, 0.4) is 0 Å². The van der Waals surface area contributed by atoms with E-state index in [1.54, 1.807) is 16.4 Å². The van der Waals surface area contributed by atoms with Gasteiger partial charge in [-0.2, -0.15) is 4.31 Å². The van der Waals surface area contributed by atoms with Crippen LogP contribution >= 0.6 is 0 Å². The number of nitrogens with zero attached hydrogens (tertiary/aromatic N) is 2. The molecule has 6 heteroatoms. The van der Waals surface area contributed by atoms with Crippen LogP contribution in [0.15, 0.2) is 53.4 Å². The summed E-state index contributed by atoms with van der Waals surface area (Å²) in [4.78, 5) is 2.58. The van der Waals surface area contributed by atoms with Crippen LogP contribution < -0.4 is 4.74 Å². The minimum atomic E-state index is -3.56. The third kappa shape index (κ3) is 3.77. The maximum absolute atomic E-state index is 13.1. The zero-order valence-electron chi connectivity index (χ0n) is 15.6. The van der Waals surface area contributed by atoms with Crippen molar-refractivity contribution in [2.45, 2.75) is 24.8 Å². The van der Waals surface area contributed by atoms with Crippen LogP contribution in [0.25, 0.3) is 0 Å². The first-order chi connectivity index (χ1) is 12.4. The maximum Gasteiger partial charge on any atom is 0.246 e. The van der Waals surface area contributed by atoms with Crippen LogP contribution in [0.4, 0.5) is 0 Å². The van der Waals surface area contributed by atoms with Gasteiger partial charge in [0, 0.05) is 32.2 Å². The smallest absolute Gasteiger partial charge is 0.246 e. The molecule has 26 heavy (non-hydrogen) atoms. The Morgan fingerprint density at radius 2 is 1.65 bits per heavy atom. The molecule has 2 aromatic carbocycles. The molecule has 5 nitrogen and oxygen atoms in total. The summed E-state index contributed by atoms with van der Waals surface area (Å²) in [5.74, 6) is 0.399. The van der Waals surface area contributed by atoms with Gasteiger partial charge in [0.05, 0.1) is 7.11 Å². The lowest BCUT2D eigenvalue weighted by molar-refractivity contribution is 0.145. The highest BCUT2D eigenvalue weighted by molar-refractivity contribution is 7.89. The van der Waals surface area contributed by atoms with Gasteiger partial charge in [0.2, 0.25) is 10.0 Å². The largest absolute Gasteiger partial charge is 0.495 e. The third-order valence-electron chi connectivity index (χ3n) is 5.04. The summed E-state index contributed by atoms with van der Waals surface area (Å²) in [7, 11) is -2.06. The average molecular weight is 375 g/mol. The van der Waals surface area contributed by atoms with Crippen molar-refractivity contribution in [2.24, 2.45) is 0 Å². The number of hydrogen-bond donors (Lipinski definition) is 0. The molecule has 140 valence electrons. The standard InChI is InChI=1S/C20H26N2O3S/c1-16-9-10-19(25-3)20(15-16)26(23,24)22-13-11-21(12-14-22)17(2)18-7-5-4-6-8-18/h4-10,15,17H,11-14H2,1-3H3. The van der Waals surface area contributed by atoms with Crippen molar-refractivity contribution in [3.05, 3.63) is 59.7 Å². The summed E-state index contributed by atoms with van der Waals surface area (Å²) in [6.45, 7) is 6.45. The zero-order chi connectivity index (χ0) is 18.7. The van der Waals surface area contributed by atoms with Gasteiger partial charge in [0.25, 0.3) is 0 Å². The zero-order valence-corrected chi connectivity index (χ0v) is 16.4. The Kier molecular flexibility index (Phi) is 5.65. The second-order valence-electron chi connectivity index (χ2n) is 6.68. The molecule has 0 radical (unpaired) electrons. The molecule has 1 unspecified atom stereocenters. The van der Waals surface area contributed by atoms with Gasteiger partial charge in [-0.25, -0.2) is 8.42 Å². The van der Waals surface area contributed by atoms with E-state index in [4.69, 9.17) is 4.74 Å². The quantitative estimate of drug-likeness (QED) is 0.807. The Balaban J connectivity index is 1.74. The van der Waals surface area contributed by atoms with E-state index in [9.17, 15) is 8.42 Å². The Labute approximate surface area is 156 Å². The molecule has 0 N–H and O–H groups in total. The van der Waals surface area contributed by atoms with Crippen LogP contribution in [0.1, 0.15) is 24.1 Å². The van der Waals surface area contributed by atoms with Crippen molar-refractivity contribution in [1.82, 2.24) is 9.21 Å². The van der Waals surface area contributed by atoms with Gasteiger partial charge >= 0.3 is 0 Å². The van der Waals surface area contributed by atoms with Gasteiger partial charge in [-0.3, -0.25) is 4.90 Å². The number of ether oxygens (including phenoxy) is 1. The van der Waals surface area contributed by atoms with Crippen LogP contribution in [0.2, 0.25) is 0 Å². The van der Waals surface area contributed by atoms with Crippen molar-refractivity contribution < 1.29 is 13.2 Å². The van der Waals surface area contributed by atoms with Crippen molar-refractivity contribution >= 4 is 10.0 Å². The second-order valence-corrected chi connectivity index (χ2v) is 8.59. The summed E-state index contributed by atoms with van der Waals surface area (Å²) >= 11 is 0. The number of methoxy groups -OCH3 is 1. The predicted molar refractivity (Wildman–Crippen MR) is 103 cm³/mol. The minimum absolute atomic E-state index is 0.254. The fourth-order valence-electron chi connectivity index (χ4n) is 3.40. The number of sulfonamides is 1. The van der Waals surface area contributed by atoms with Crippen molar-refractivity contribution in [3.63, 3.8) is 0 Å². The van der Waals surface area contributed by atoms with E-state index < -0.39 is 10.0 Å². The van der Waals surface area contributed by atoms with E-state index in [1.165, 1.54) is 12.7 Å². The van der Waals surface area contributed by atoms with Gasteiger partial charge in [-0.15, -0.1) is 0 Å². The Bertz CT molecular complexity index is 845. The molecular weight excluding hydrogens is 348 g/mol. The number of benzene rings is 2. The van der Waals surface area contributed by atoms with Crippen LogP contribution in [0, 0.1) is 6.92 Å². The summed E-state index contributed by atoms with van der Waals surface area (Å²) in [6.07, 6.45) is 0. The monoisotopic (exact) mass is 374 g/mol. The normalized spacial score (nSPS) is 17.8. The average Bonchev–Trinajstić information content (AvgIpc) is 2.68. The molecule has 1 heterocycles. The van der Waals surface area contributed by atoms with Crippen molar-refractivity contribution in [3.8, 4) is 5.75 Å². The molecule has 1 aliphatic heterocycles. The lowest BCUT2D eigenvalue weighted by atomic mass is 10.1. The molecule has 0 aromatic heterocycles. The molecule has 2 aromatic rings. The molecule has 0 amide bonds. The highest BCUT2D eigenvalue weighted by Crippen LogP contribution is 2.29. The highest BCUT2D eigenvalue weighted by atomic mass is 32.2. The molecule has 1 atom stereocenters. The topological polar surface area (TPSA) is 49.9 Å². The van der Waals surface area contributed by atoms with E-state index in [0.29, 0.717) is 31.9 Å². The fourth-order valence-corrected chi connectivity index (χ4v) is 5.06. The molecule has 1 saturated heterocycles. The Morgan fingerprint density at radius 3 is 2.27 bits per heavy atom. The summed E-state index contributed by atoms with van der Waals surface area (Å²) in [5, 5.41) is 0. The van der Waals surface area contributed by atoms with Crippen LogP contribution in [-0.4, -0.2) is 50.9 Å². The van der Waals surface area contributed by atoms with Crippen molar-refractivity contribution in [1.29, 1.82) is 0 Å². The summed E-state index contributed by atoms with van der Waals surface area (Å²) < 4.78 is 33.0. The molecule has 0 saturated carbocycles. The van der Waals surface area contributed by atoms with Crippen molar-refractivity contribution in [2.75, 3.05) is 33.3 Å². The lowest BCUT2D eigenvalue weighted by Gasteiger charge is -2.37. The second kappa shape index (κ2) is 7.78. The van der Waals surface area contributed by atoms with Gasteiger partial charge in [0.1, 0.15) is 10.6 Å². The number of aryl methyl sites for hydroxylation is 1. The first kappa shape index (κ1) is 18.9. The molecular formula is C20H26N2O3S. The van der Waals surface area contributed by atoms with Crippen LogP contribution in [-0.2, 0) is 10.0 Å². The van der Waals surface area contributed by atoms with E-state index in [0.717, 1.165) is 5.56 Å². The lowest BCUT2D eigenvalue weighted by Crippen LogP contribution is -2.49. The summed E-state index contributed by atoms with van der Waals surface area (Å²) in [6, 6.07) is 15.9. The van der Waals surface area contributed by atoms with E-state index >= 15 is 0 Å². The molecule has 0 aliphatic carbocycles. The molecule has 0 spiro atoms. The minimum Gasteiger partial charge on any atom is -0.495 e. The van der Waals surface area contributed by atoms with Gasteiger partial charge in [-0.05, 0) is 37.1 Å². The van der Waals surface area contributed by atoms with E-state index in [2.05, 4.69) is 24.0 Å². The first-order valence-electron chi connectivity index (χ1n) is 8.87. The van der Waals surface area contributed by atoms with E-state index in [1.807, 2.05) is 31.2 Å². The number of rotatable bonds is 5. The first-order valence-corrected chi connectivity index (χ1v) is 10.3. The Morgan fingerprint density at radius 1 is 1.00 bits per heavy atom. The maximum atomic E-state index is 13.1. The third-order valence-corrected chi connectivity index (χ3v) is 6.96. The van der Waals surface area contributed by atoms with Crippen LogP contribution in [0.5, 0.6) is 5.75 Å². The fraction of sp³-hybridized carbons (Fsp3) is 0.400. The molecule has 1 fully saturated rings. The number of hydrogen-bond acceptors (Lipinski definition) is 4. The Hall–Kier alpha value is -1.89. The molecule has 0 bridgehead atoms. The van der Waals surface area contributed by atoms with Gasteiger partial charge < -0.3 is 4.74 Å². The predicted octanol–water partition coefficient (Wildman–Crippen LogP) is 3.07. The highest BCUT2D eigenvalue weighted by Gasteiger charge is 2.32. The van der Waals surface area contributed by atoms with Gasteiger partial charge in [-0.1, -0.05) is 36.4 Å². The van der Waals surface area contributed by atoms with Gasteiger partial charge in [0.15, 0.2) is 0 Å².